The molecule has 2 fully saturated rings. The van der Waals surface area contributed by atoms with E-state index in [1.54, 1.807) is 12.1 Å². The van der Waals surface area contributed by atoms with Crippen molar-refractivity contribution in [2.75, 3.05) is 6.54 Å². The zero-order chi connectivity index (χ0) is 18.2. The van der Waals surface area contributed by atoms with Gasteiger partial charge >= 0.3 is 5.97 Å². The molecular formula is C16H22N2O5S2. The van der Waals surface area contributed by atoms with Crippen LogP contribution in [0.5, 0.6) is 0 Å². The number of hydrogen-bond acceptors (Lipinski definition) is 5. The van der Waals surface area contributed by atoms with Crippen molar-refractivity contribution >= 4 is 33.2 Å². The van der Waals surface area contributed by atoms with Crippen molar-refractivity contribution in [3.05, 3.63) is 17.0 Å². The van der Waals surface area contributed by atoms with Crippen LogP contribution in [0, 0.1) is 12.8 Å². The lowest BCUT2D eigenvalue weighted by Crippen LogP contribution is -2.48. The molecule has 138 valence electrons. The van der Waals surface area contributed by atoms with E-state index >= 15 is 0 Å². The van der Waals surface area contributed by atoms with Gasteiger partial charge in [-0.25, -0.2) is 8.42 Å². The van der Waals surface area contributed by atoms with Crippen LogP contribution in [0.25, 0.3) is 0 Å². The molecule has 1 aliphatic carbocycles. The second-order valence-electron chi connectivity index (χ2n) is 6.69. The quantitative estimate of drug-likeness (QED) is 0.800. The summed E-state index contributed by atoms with van der Waals surface area (Å²) in [5, 5.41) is 11.9. The molecule has 1 unspecified atom stereocenters. The van der Waals surface area contributed by atoms with Crippen molar-refractivity contribution in [3.8, 4) is 0 Å². The van der Waals surface area contributed by atoms with Crippen LogP contribution in [0.15, 0.2) is 16.3 Å². The van der Waals surface area contributed by atoms with Gasteiger partial charge in [0.1, 0.15) is 10.3 Å². The SMILES string of the molecule is Cc1ccc(S(=O)(=O)N2CCCC2C(=O)N[C@@H]2CC[C@H](C(=O)O)C2)s1. The lowest BCUT2D eigenvalue weighted by Gasteiger charge is -2.24. The maximum atomic E-state index is 12.8. The molecule has 9 heteroatoms. The topological polar surface area (TPSA) is 104 Å². The Hall–Kier alpha value is -1.45. The first-order valence-electron chi connectivity index (χ1n) is 8.40. The van der Waals surface area contributed by atoms with Crippen molar-refractivity contribution in [2.24, 2.45) is 5.92 Å². The largest absolute Gasteiger partial charge is 0.481 e. The van der Waals surface area contributed by atoms with Gasteiger partial charge in [-0.05, 0) is 51.2 Å². The number of aliphatic carboxylic acids is 1. The highest BCUT2D eigenvalue weighted by molar-refractivity contribution is 7.91. The number of nitrogens with zero attached hydrogens (tertiary/aromatic N) is 1. The molecule has 1 aromatic heterocycles. The molecule has 3 rings (SSSR count). The first-order chi connectivity index (χ1) is 11.8. The van der Waals surface area contributed by atoms with Crippen LogP contribution < -0.4 is 5.32 Å². The number of carboxylic acids is 1. The van der Waals surface area contributed by atoms with Crippen molar-refractivity contribution < 1.29 is 23.1 Å². The third kappa shape index (κ3) is 3.73. The summed E-state index contributed by atoms with van der Waals surface area (Å²) in [7, 11) is -3.67. The van der Waals surface area contributed by atoms with E-state index in [0.29, 0.717) is 38.6 Å². The molecule has 3 atom stereocenters. The van der Waals surface area contributed by atoms with E-state index in [0.717, 1.165) is 4.88 Å². The minimum Gasteiger partial charge on any atom is -0.481 e. The predicted molar refractivity (Wildman–Crippen MR) is 92.9 cm³/mol. The minimum atomic E-state index is -3.67. The molecule has 7 nitrogen and oxygen atoms in total. The fourth-order valence-electron chi connectivity index (χ4n) is 3.59. The second-order valence-corrected chi connectivity index (χ2v) is 10.1. The highest BCUT2D eigenvalue weighted by Gasteiger charge is 2.41. The van der Waals surface area contributed by atoms with E-state index < -0.39 is 28.0 Å². The minimum absolute atomic E-state index is 0.192. The third-order valence-corrected chi connectivity index (χ3v) is 8.29. The molecule has 1 amide bonds. The van der Waals surface area contributed by atoms with Gasteiger partial charge in [0.15, 0.2) is 0 Å². The first kappa shape index (κ1) is 18.3. The standard InChI is InChI=1S/C16H22N2O5S2/c1-10-4-7-14(24-10)25(22,23)18-8-2-3-13(18)15(19)17-12-6-5-11(9-12)16(20)21/h4,7,11-13H,2-3,5-6,8-9H2,1H3,(H,17,19)(H,20,21)/t11-,12+,13?/m0/s1. The number of thiophene rings is 1. The van der Waals surface area contributed by atoms with Crippen molar-refractivity contribution in [1.82, 2.24) is 9.62 Å². The monoisotopic (exact) mass is 386 g/mol. The van der Waals surface area contributed by atoms with Crippen LogP contribution in [-0.2, 0) is 19.6 Å². The number of carbonyl (C=O) groups excluding carboxylic acids is 1. The molecule has 0 spiro atoms. The fourth-order valence-corrected chi connectivity index (χ4v) is 6.66. The van der Waals surface area contributed by atoms with E-state index in [1.807, 2.05) is 6.92 Å². The maximum Gasteiger partial charge on any atom is 0.306 e. The first-order valence-corrected chi connectivity index (χ1v) is 10.7. The lowest BCUT2D eigenvalue weighted by atomic mass is 10.1. The summed E-state index contributed by atoms with van der Waals surface area (Å²) in [6.07, 6.45) is 2.70. The molecule has 2 aliphatic rings. The van der Waals surface area contributed by atoms with Crippen LogP contribution in [0.4, 0.5) is 0 Å². The van der Waals surface area contributed by atoms with E-state index in [4.69, 9.17) is 5.11 Å². The normalized spacial score (nSPS) is 27.5. The van der Waals surface area contributed by atoms with Crippen LogP contribution in [0.2, 0.25) is 0 Å². The number of amides is 1. The molecular weight excluding hydrogens is 364 g/mol. The second kappa shape index (κ2) is 7.05. The maximum absolute atomic E-state index is 12.8. The highest BCUT2D eigenvalue weighted by Crippen LogP contribution is 2.31. The van der Waals surface area contributed by atoms with E-state index in [9.17, 15) is 18.0 Å². The van der Waals surface area contributed by atoms with Gasteiger partial charge in [0.05, 0.1) is 5.92 Å². The molecule has 25 heavy (non-hydrogen) atoms. The van der Waals surface area contributed by atoms with Gasteiger partial charge in [-0.2, -0.15) is 4.31 Å². The highest BCUT2D eigenvalue weighted by atomic mass is 32.2. The Balaban J connectivity index is 1.69. The average Bonchev–Trinajstić information content (AvgIpc) is 3.26. The zero-order valence-corrected chi connectivity index (χ0v) is 15.6. The van der Waals surface area contributed by atoms with E-state index in [-0.39, 0.29) is 16.2 Å². The Morgan fingerprint density at radius 2 is 2.04 bits per heavy atom. The Morgan fingerprint density at radius 1 is 1.28 bits per heavy atom. The van der Waals surface area contributed by atoms with Crippen molar-refractivity contribution in [1.29, 1.82) is 0 Å². The van der Waals surface area contributed by atoms with Crippen LogP contribution in [0.3, 0.4) is 0 Å². The van der Waals surface area contributed by atoms with Gasteiger partial charge < -0.3 is 10.4 Å². The summed E-state index contributed by atoms with van der Waals surface area (Å²) in [5.74, 6) is -1.58. The number of hydrogen-bond donors (Lipinski definition) is 2. The summed E-state index contributed by atoms with van der Waals surface area (Å²) >= 11 is 1.21. The summed E-state index contributed by atoms with van der Waals surface area (Å²) in [6.45, 7) is 2.18. The Kier molecular flexibility index (Phi) is 5.17. The summed E-state index contributed by atoms with van der Waals surface area (Å²) in [6, 6.07) is 2.43. The average molecular weight is 386 g/mol. The van der Waals surface area contributed by atoms with E-state index in [1.165, 1.54) is 15.6 Å². The number of rotatable bonds is 5. The number of aryl methyl sites for hydroxylation is 1. The van der Waals surface area contributed by atoms with Gasteiger partial charge in [-0.1, -0.05) is 0 Å². The Morgan fingerprint density at radius 3 is 2.64 bits per heavy atom. The third-order valence-electron chi connectivity index (χ3n) is 4.91. The van der Waals surface area contributed by atoms with Gasteiger partial charge in [0.25, 0.3) is 10.0 Å². The molecule has 1 aromatic rings. The predicted octanol–water partition coefficient (Wildman–Crippen LogP) is 1.58. The lowest BCUT2D eigenvalue weighted by molar-refractivity contribution is -0.141. The van der Waals surface area contributed by atoms with E-state index in [2.05, 4.69) is 5.32 Å². The van der Waals surface area contributed by atoms with Crippen molar-refractivity contribution in [2.45, 2.75) is 55.3 Å². The molecule has 0 aromatic carbocycles. The molecule has 1 saturated heterocycles. The number of carbonyl (C=O) groups is 2. The molecule has 0 radical (unpaired) electrons. The zero-order valence-electron chi connectivity index (χ0n) is 14.0. The molecule has 2 N–H and O–H groups in total. The summed E-state index contributed by atoms with van der Waals surface area (Å²) in [5.41, 5.74) is 0. The molecule has 1 aliphatic heterocycles. The number of nitrogens with one attached hydrogen (secondary N) is 1. The van der Waals surface area contributed by atoms with Gasteiger partial charge in [0, 0.05) is 17.5 Å². The number of sulfonamides is 1. The van der Waals surface area contributed by atoms with Gasteiger partial charge in [-0.15, -0.1) is 11.3 Å². The molecule has 1 saturated carbocycles. The summed E-state index contributed by atoms with van der Waals surface area (Å²) < 4.78 is 27.2. The van der Waals surface area contributed by atoms with Gasteiger partial charge in [-0.3, -0.25) is 9.59 Å². The molecule has 0 bridgehead atoms. The Bertz CT molecular complexity index is 773. The smallest absolute Gasteiger partial charge is 0.306 e. The van der Waals surface area contributed by atoms with Gasteiger partial charge in [0.2, 0.25) is 5.91 Å². The summed E-state index contributed by atoms with van der Waals surface area (Å²) in [4.78, 5) is 24.5. The number of carboxylic acid groups (broad SMARTS) is 1. The van der Waals surface area contributed by atoms with Crippen LogP contribution in [0.1, 0.15) is 37.0 Å². The van der Waals surface area contributed by atoms with Crippen LogP contribution in [-0.4, -0.2) is 48.3 Å². The van der Waals surface area contributed by atoms with Crippen LogP contribution >= 0.6 is 11.3 Å². The van der Waals surface area contributed by atoms with Crippen molar-refractivity contribution in [3.63, 3.8) is 0 Å². The fraction of sp³-hybridized carbons (Fsp3) is 0.625. The Labute approximate surface area is 151 Å². The molecule has 2 heterocycles.